The van der Waals surface area contributed by atoms with Crippen LogP contribution in [0.2, 0.25) is 0 Å². The van der Waals surface area contributed by atoms with Crippen LogP contribution in [0, 0.1) is 0 Å². The van der Waals surface area contributed by atoms with Crippen LogP contribution in [0.1, 0.15) is 51.4 Å². The standard InChI is InChI=1S/C25H40N6O5S/c1-26-24(35)18(15-31(2)17-32)11-12-22(34)28-14-8-4-3-7-13-27-21(33)10-6-5-9-20-23-19(16-37-20)29-25(36)30-23/h11-12,15,17,19-20,23H,3-10,13-14,16H2,1-2H3,(H,26,35)(H,27,33)(H,28,34)(H2,29,30,36)/b12-11+,18-15-. The second-order valence-corrected chi connectivity index (χ2v) is 10.5. The summed E-state index contributed by atoms with van der Waals surface area (Å²) in [5.74, 6) is 0.323. The van der Waals surface area contributed by atoms with Crippen LogP contribution in [0.5, 0.6) is 0 Å². The maximum atomic E-state index is 12.0. The lowest BCUT2D eigenvalue weighted by molar-refractivity contribution is -0.121. The molecule has 0 spiro atoms. The van der Waals surface area contributed by atoms with Crippen LogP contribution in [0.25, 0.3) is 0 Å². The molecule has 12 heteroatoms. The maximum absolute atomic E-state index is 12.0. The number of hydrogen-bond acceptors (Lipinski definition) is 6. The zero-order valence-electron chi connectivity index (χ0n) is 21.7. The molecule has 11 nitrogen and oxygen atoms in total. The molecule has 3 atom stereocenters. The lowest BCUT2D eigenvalue weighted by Crippen LogP contribution is -2.36. The van der Waals surface area contributed by atoms with Gasteiger partial charge >= 0.3 is 6.03 Å². The summed E-state index contributed by atoms with van der Waals surface area (Å²) in [6.07, 6.45) is 11.5. The molecular weight excluding hydrogens is 496 g/mol. The highest BCUT2D eigenvalue weighted by Crippen LogP contribution is 2.33. The second kappa shape index (κ2) is 16.7. The van der Waals surface area contributed by atoms with Crippen LogP contribution in [-0.4, -0.2) is 85.3 Å². The molecule has 3 unspecified atom stereocenters. The van der Waals surface area contributed by atoms with Gasteiger partial charge in [-0.25, -0.2) is 4.79 Å². The molecular formula is C25H40N6O5S. The molecule has 0 aromatic rings. The normalized spacial score (nSPS) is 20.6. The summed E-state index contributed by atoms with van der Waals surface area (Å²) in [7, 11) is 2.97. The molecule has 2 fully saturated rings. The minimum atomic E-state index is -0.399. The van der Waals surface area contributed by atoms with Crippen LogP contribution in [-0.2, 0) is 19.2 Å². The molecule has 0 aromatic carbocycles. The van der Waals surface area contributed by atoms with Crippen molar-refractivity contribution in [2.24, 2.45) is 0 Å². The number of hydrogen-bond donors (Lipinski definition) is 5. The summed E-state index contributed by atoms with van der Waals surface area (Å²) in [4.78, 5) is 59.2. The third kappa shape index (κ3) is 11.3. The summed E-state index contributed by atoms with van der Waals surface area (Å²) in [6, 6.07) is 0.396. The first-order chi connectivity index (χ1) is 17.8. The zero-order chi connectivity index (χ0) is 27.0. The fourth-order valence-corrected chi connectivity index (χ4v) is 5.74. The number of likely N-dealkylation sites (N-methyl/N-ethyl adjacent to an activating group) is 1. The molecule has 37 heavy (non-hydrogen) atoms. The smallest absolute Gasteiger partial charge is 0.315 e. The van der Waals surface area contributed by atoms with Crippen molar-refractivity contribution in [3.8, 4) is 0 Å². The third-order valence-corrected chi connectivity index (χ3v) is 7.73. The van der Waals surface area contributed by atoms with E-state index < -0.39 is 5.91 Å². The predicted octanol–water partition coefficient (Wildman–Crippen LogP) is 0.779. The Kier molecular flexibility index (Phi) is 13.6. The average Bonchev–Trinajstić information content (AvgIpc) is 3.44. The molecule has 2 aliphatic rings. The Morgan fingerprint density at radius 1 is 1.03 bits per heavy atom. The molecule has 2 aliphatic heterocycles. The van der Waals surface area contributed by atoms with Gasteiger partial charge in [0, 0.05) is 56.9 Å². The highest BCUT2D eigenvalue weighted by atomic mass is 32.2. The highest BCUT2D eigenvalue weighted by Gasteiger charge is 2.42. The van der Waals surface area contributed by atoms with E-state index in [0.29, 0.717) is 31.2 Å². The number of urea groups is 1. The summed E-state index contributed by atoms with van der Waals surface area (Å²) >= 11 is 1.90. The first kappa shape index (κ1) is 30.2. The molecule has 206 valence electrons. The zero-order valence-corrected chi connectivity index (χ0v) is 22.5. The molecule has 0 bridgehead atoms. The van der Waals surface area contributed by atoms with Crippen molar-refractivity contribution in [1.82, 2.24) is 31.5 Å². The number of rotatable bonds is 17. The van der Waals surface area contributed by atoms with E-state index in [1.54, 1.807) is 0 Å². The Morgan fingerprint density at radius 2 is 1.76 bits per heavy atom. The quantitative estimate of drug-likeness (QED) is 0.0610. The monoisotopic (exact) mass is 536 g/mol. The van der Waals surface area contributed by atoms with E-state index >= 15 is 0 Å². The number of thioether (sulfide) groups is 1. The third-order valence-electron chi connectivity index (χ3n) is 6.22. The van der Waals surface area contributed by atoms with Gasteiger partial charge in [-0.05, 0) is 31.8 Å². The van der Waals surface area contributed by atoms with Gasteiger partial charge in [0.05, 0.1) is 17.7 Å². The lowest BCUT2D eigenvalue weighted by atomic mass is 10.0. The number of carbonyl (C=O) groups is 5. The van der Waals surface area contributed by atoms with Crippen molar-refractivity contribution in [3.63, 3.8) is 0 Å². The number of unbranched alkanes of at least 4 members (excludes halogenated alkanes) is 4. The summed E-state index contributed by atoms with van der Waals surface area (Å²) in [5.41, 5.74) is 0.192. The van der Waals surface area contributed by atoms with E-state index in [1.165, 1.54) is 37.3 Å². The van der Waals surface area contributed by atoms with E-state index in [1.807, 2.05) is 11.8 Å². The van der Waals surface area contributed by atoms with E-state index in [2.05, 4.69) is 26.6 Å². The Labute approximate surface area is 223 Å². The Balaban J connectivity index is 1.45. The van der Waals surface area contributed by atoms with Gasteiger partial charge in [-0.2, -0.15) is 11.8 Å². The predicted molar refractivity (Wildman–Crippen MR) is 144 cm³/mol. The van der Waals surface area contributed by atoms with Crippen molar-refractivity contribution in [1.29, 1.82) is 0 Å². The molecule has 0 aromatic heterocycles. The molecule has 2 rings (SSSR count). The van der Waals surface area contributed by atoms with Gasteiger partial charge in [0.15, 0.2) is 0 Å². The van der Waals surface area contributed by atoms with Crippen molar-refractivity contribution in [2.75, 3.05) is 32.9 Å². The van der Waals surface area contributed by atoms with Gasteiger partial charge in [-0.1, -0.05) is 19.3 Å². The van der Waals surface area contributed by atoms with Crippen molar-refractivity contribution in [3.05, 3.63) is 23.9 Å². The van der Waals surface area contributed by atoms with E-state index in [4.69, 9.17) is 0 Å². The van der Waals surface area contributed by atoms with Crippen LogP contribution < -0.4 is 26.6 Å². The topological polar surface area (TPSA) is 149 Å². The van der Waals surface area contributed by atoms with Crippen molar-refractivity contribution >= 4 is 41.9 Å². The first-order valence-electron chi connectivity index (χ1n) is 12.9. The number of carbonyl (C=O) groups excluding carboxylic acids is 5. The fourth-order valence-electron chi connectivity index (χ4n) is 4.20. The van der Waals surface area contributed by atoms with Gasteiger partial charge in [0.25, 0.3) is 5.91 Å². The first-order valence-corrected chi connectivity index (χ1v) is 13.9. The Morgan fingerprint density at radius 3 is 2.46 bits per heavy atom. The van der Waals surface area contributed by atoms with E-state index in [0.717, 1.165) is 50.7 Å². The molecule has 2 heterocycles. The van der Waals surface area contributed by atoms with Crippen molar-refractivity contribution in [2.45, 2.75) is 68.7 Å². The van der Waals surface area contributed by atoms with Gasteiger partial charge < -0.3 is 31.5 Å². The van der Waals surface area contributed by atoms with Crippen LogP contribution in [0.15, 0.2) is 23.9 Å². The van der Waals surface area contributed by atoms with Crippen LogP contribution in [0.4, 0.5) is 4.79 Å². The van der Waals surface area contributed by atoms with Gasteiger partial charge in [0.1, 0.15) is 0 Å². The lowest BCUT2D eigenvalue weighted by Gasteiger charge is -2.16. The minimum absolute atomic E-state index is 0.0659. The fraction of sp³-hybridized carbons (Fsp3) is 0.640. The number of nitrogens with zero attached hydrogens (tertiary/aromatic N) is 1. The molecule has 0 aliphatic carbocycles. The summed E-state index contributed by atoms with van der Waals surface area (Å²) in [6.45, 7) is 1.17. The molecule has 5 N–H and O–H groups in total. The van der Waals surface area contributed by atoms with E-state index in [-0.39, 0.29) is 35.5 Å². The van der Waals surface area contributed by atoms with Crippen LogP contribution >= 0.6 is 11.8 Å². The average molecular weight is 537 g/mol. The highest BCUT2D eigenvalue weighted by molar-refractivity contribution is 8.00. The summed E-state index contributed by atoms with van der Waals surface area (Å²) in [5, 5.41) is 14.6. The number of fused-ring (bicyclic) bond motifs is 1. The largest absolute Gasteiger partial charge is 0.356 e. The van der Waals surface area contributed by atoms with Gasteiger partial charge in [-0.15, -0.1) is 0 Å². The second-order valence-electron chi connectivity index (χ2n) is 9.19. The van der Waals surface area contributed by atoms with Crippen molar-refractivity contribution < 1.29 is 24.0 Å². The minimum Gasteiger partial charge on any atom is -0.356 e. The summed E-state index contributed by atoms with van der Waals surface area (Å²) < 4.78 is 0. The maximum Gasteiger partial charge on any atom is 0.315 e. The molecule has 0 saturated carbocycles. The molecule has 2 saturated heterocycles. The van der Waals surface area contributed by atoms with E-state index in [9.17, 15) is 24.0 Å². The van der Waals surface area contributed by atoms with Crippen LogP contribution in [0.3, 0.4) is 0 Å². The Bertz CT molecular complexity index is 865. The number of nitrogens with one attached hydrogen (secondary N) is 5. The molecule has 0 radical (unpaired) electrons. The Hall–Kier alpha value is -3.02. The molecule has 6 amide bonds. The van der Waals surface area contributed by atoms with Gasteiger partial charge in [-0.3, -0.25) is 19.2 Å². The SMILES string of the molecule is CNC(=O)C(=C\N(C)C=O)/C=C/C(=O)NCCCCCCNC(=O)CCCCC1SCC2NC(=O)NC21. The number of amides is 6. The van der Waals surface area contributed by atoms with Gasteiger partial charge in [0.2, 0.25) is 18.2 Å².